The first-order chi connectivity index (χ1) is 13.9. The summed E-state index contributed by atoms with van der Waals surface area (Å²) in [6, 6.07) is 13.2. The monoisotopic (exact) mass is 413 g/mol. The number of benzene rings is 2. The highest BCUT2D eigenvalue weighted by molar-refractivity contribution is 6.30. The van der Waals surface area contributed by atoms with E-state index in [1.54, 1.807) is 4.90 Å². The maximum absolute atomic E-state index is 13.2. The molecule has 1 fully saturated rings. The molecule has 2 aliphatic rings. The molecule has 0 radical (unpaired) electrons. The average Bonchev–Trinajstić information content (AvgIpc) is 2.74. The van der Waals surface area contributed by atoms with Crippen LogP contribution in [0.15, 0.2) is 42.5 Å². The van der Waals surface area contributed by atoms with Crippen LogP contribution in [-0.4, -0.2) is 50.6 Å². The minimum atomic E-state index is -0.212. The Labute approximate surface area is 176 Å². The van der Waals surface area contributed by atoms with Gasteiger partial charge in [-0.05, 0) is 43.7 Å². The number of nitrogens with one attached hydrogen (secondary N) is 2. The molecule has 2 aromatic rings. The van der Waals surface area contributed by atoms with Gasteiger partial charge in [0.05, 0.1) is 37.6 Å². The van der Waals surface area contributed by atoms with E-state index in [9.17, 15) is 9.59 Å². The van der Waals surface area contributed by atoms with Crippen molar-refractivity contribution >= 4 is 40.5 Å². The molecule has 2 amide bonds. The fourth-order valence-corrected chi connectivity index (χ4v) is 4.40. The number of quaternary nitrogens is 1. The Morgan fingerprint density at radius 3 is 2.62 bits per heavy atom. The van der Waals surface area contributed by atoms with E-state index in [0.29, 0.717) is 5.69 Å². The minimum absolute atomic E-state index is 0.00492. The van der Waals surface area contributed by atoms with Crippen molar-refractivity contribution in [3.63, 3.8) is 0 Å². The lowest BCUT2D eigenvalue weighted by atomic mass is 10.1. The van der Waals surface area contributed by atoms with Crippen molar-refractivity contribution in [1.82, 2.24) is 0 Å². The fourth-order valence-electron chi connectivity index (χ4n) is 4.23. The quantitative estimate of drug-likeness (QED) is 0.805. The van der Waals surface area contributed by atoms with Crippen molar-refractivity contribution in [2.24, 2.45) is 0 Å². The number of para-hydroxylation sites is 2. The highest BCUT2D eigenvalue weighted by atomic mass is 35.5. The summed E-state index contributed by atoms with van der Waals surface area (Å²) in [6.07, 6.45) is 0. The molecule has 2 heterocycles. The third-order valence-corrected chi connectivity index (χ3v) is 6.17. The van der Waals surface area contributed by atoms with E-state index in [1.165, 1.54) is 10.5 Å². The first kappa shape index (κ1) is 19.7. The van der Waals surface area contributed by atoms with Gasteiger partial charge in [-0.2, -0.15) is 0 Å². The molecule has 2 N–H and O–H groups in total. The van der Waals surface area contributed by atoms with Gasteiger partial charge in [0.25, 0.3) is 5.91 Å². The van der Waals surface area contributed by atoms with E-state index < -0.39 is 0 Å². The van der Waals surface area contributed by atoms with Crippen LogP contribution in [-0.2, 0) is 9.59 Å². The Bertz CT molecular complexity index is 940. The van der Waals surface area contributed by atoms with Crippen LogP contribution in [0.25, 0.3) is 0 Å². The third kappa shape index (κ3) is 3.95. The van der Waals surface area contributed by atoms with E-state index in [2.05, 4.69) is 17.1 Å². The van der Waals surface area contributed by atoms with Crippen LogP contribution in [0.2, 0.25) is 5.02 Å². The molecule has 152 valence electrons. The van der Waals surface area contributed by atoms with Gasteiger partial charge in [0.1, 0.15) is 6.54 Å². The maximum atomic E-state index is 13.2. The van der Waals surface area contributed by atoms with E-state index in [0.717, 1.165) is 42.6 Å². The van der Waals surface area contributed by atoms with E-state index in [1.807, 2.05) is 49.4 Å². The van der Waals surface area contributed by atoms with Gasteiger partial charge in [-0.15, -0.1) is 0 Å². The van der Waals surface area contributed by atoms with E-state index in [4.69, 9.17) is 11.6 Å². The third-order valence-electron chi connectivity index (χ3n) is 5.94. The number of halogens is 1. The summed E-state index contributed by atoms with van der Waals surface area (Å²) in [5.74, 6) is -0.157. The Balaban J connectivity index is 1.45. The molecule has 2 aromatic carbocycles. The number of aryl methyl sites for hydroxylation is 1. The van der Waals surface area contributed by atoms with Crippen molar-refractivity contribution in [1.29, 1.82) is 0 Å². The van der Waals surface area contributed by atoms with Gasteiger partial charge in [0.15, 0.2) is 6.04 Å². The number of carbonyl (C=O) groups excluding carboxylic acids is 2. The van der Waals surface area contributed by atoms with Crippen molar-refractivity contribution in [2.75, 3.05) is 47.8 Å². The van der Waals surface area contributed by atoms with Gasteiger partial charge >= 0.3 is 0 Å². The summed E-state index contributed by atoms with van der Waals surface area (Å²) in [4.78, 5) is 30.5. The van der Waals surface area contributed by atoms with Gasteiger partial charge in [-0.25, -0.2) is 0 Å². The lowest BCUT2D eigenvalue weighted by Crippen LogP contribution is -3.19. The van der Waals surface area contributed by atoms with Crippen molar-refractivity contribution in [3.8, 4) is 0 Å². The highest BCUT2D eigenvalue weighted by Crippen LogP contribution is 2.29. The number of nitrogens with zero attached hydrogens (tertiary/aromatic N) is 2. The molecule has 0 bridgehead atoms. The molecule has 1 atom stereocenters. The topological polar surface area (TPSA) is 57.1 Å². The molecule has 0 unspecified atom stereocenters. The molecule has 1 saturated heterocycles. The van der Waals surface area contributed by atoms with Gasteiger partial charge < -0.3 is 15.1 Å². The summed E-state index contributed by atoms with van der Waals surface area (Å²) in [5, 5.41) is 3.58. The summed E-state index contributed by atoms with van der Waals surface area (Å²) < 4.78 is 0. The second-order valence-electron chi connectivity index (χ2n) is 7.79. The summed E-state index contributed by atoms with van der Waals surface area (Å²) >= 11 is 6.18. The number of anilines is 3. The lowest BCUT2D eigenvalue weighted by Gasteiger charge is -2.38. The first-order valence-electron chi connectivity index (χ1n) is 10.00. The van der Waals surface area contributed by atoms with Crippen LogP contribution in [0.4, 0.5) is 17.1 Å². The number of hydrogen-bond acceptors (Lipinski definition) is 3. The molecular formula is C22H26ClN4O2+. The van der Waals surface area contributed by atoms with Crippen LogP contribution >= 0.6 is 11.6 Å². The Morgan fingerprint density at radius 1 is 1.14 bits per heavy atom. The SMILES string of the molecule is Cc1ccc(Cl)cc1N1CC[NH+]([C@@H](C)C(=O)N2CC(=O)Nc3ccccc32)CC1. The minimum Gasteiger partial charge on any atom is -0.360 e. The molecular weight excluding hydrogens is 388 g/mol. The van der Waals surface area contributed by atoms with Crippen molar-refractivity contribution < 1.29 is 14.5 Å². The second-order valence-corrected chi connectivity index (χ2v) is 8.22. The lowest BCUT2D eigenvalue weighted by molar-refractivity contribution is -0.914. The van der Waals surface area contributed by atoms with E-state index >= 15 is 0 Å². The summed E-state index contributed by atoms with van der Waals surface area (Å²) in [5.41, 5.74) is 3.84. The zero-order chi connectivity index (χ0) is 20.5. The van der Waals surface area contributed by atoms with Gasteiger partial charge in [-0.3, -0.25) is 14.5 Å². The van der Waals surface area contributed by atoms with Gasteiger partial charge in [0.2, 0.25) is 5.91 Å². The van der Waals surface area contributed by atoms with Crippen LogP contribution in [0.5, 0.6) is 0 Å². The normalized spacial score (nSPS) is 18.2. The molecule has 7 heteroatoms. The maximum Gasteiger partial charge on any atom is 0.285 e. The van der Waals surface area contributed by atoms with Crippen LogP contribution in [0.3, 0.4) is 0 Å². The zero-order valence-electron chi connectivity index (χ0n) is 16.7. The largest absolute Gasteiger partial charge is 0.360 e. The number of fused-ring (bicyclic) bond motifs is 1. The Morgan fingerprint density at radius 2 is 1.86 bits per heavy atom. The predicted octanol–water partition coefficient (Wildman–Crippen LogP) is 1.73. The molecule has 6 nitrogen and oxygen atoms in total. The van der Waals surface area contributed by atoms with Gasteiger partial charge in [-0.1, -0.05) is 29.8 Å². The van der Waals surface area contributed by atoms with Crippen molar-refractivity contribution in [3.05, 3.63) is 53.1 Å². The average molecular weight is 414 g/mol. The molecule has 0 spiro atoms. The Hall–Kier alpha value is -2.57. The smallest absolute Gasteiger partial charge is 0.285 e. The molecule has 0 aromatic heterocycles. The number of amides is 2. The number of hydrogen-bond donors (Lipinski definition) is 2. The number of rotatable bonds is 3. The molecule has 0 aliphatic carbocycles. The molecule has 29 heavy (non-hydrogen) atoms. The highest BCUT2D eigenvalue weighted by Gasteiger charge is 2.36. The molecule has 0 saturated carbocycles. The first-order valence-corrected chi connectivity index (χ1v) is 10.4. The van der Waals surface area contributed by atoms with Crippen LogP contribution in [0, 0.1) is 6.92 Å². The fraction of sp³-hybridized carbons (Fsp3) is 0.364. The standard InChI is InChI=1S/C22H25ClN4O2/c1-15-7-8-17(23)13-20(15)26-11-9-25(10-12-26)16(2)22(29)27-14-21(28)24-18-5-3-4-6-19(18)27/h3-8,13,16H,9-12,14H2,1-2H3,(H,24,28)/p+1/t16-/m0/s1. The van der Waals surface area contributed by atoms with Crippen LogP contribution in [0.1, 0.15) is 12.5 Å². The summed E-state index contributed by atoms with van der Waals surface area (Å²) in [7, 11) is 0. The predicted molar refractivity (Wildman–Crippen MR) is 116 cm³/mol. The zero-order valence-corrected chi connectivity index (χ0v) is 17.5. The molecule has 2 aliphatic heterocycles. The van der Waals surface area contributed by atoms with E-state index in [-0.39, 0.29) is 24.4 Å². The second kappa shape index (κ2) is 8.05. The Kier molecular flexibility index (Phi) is 5.48. The number of piperazine rings is 1. The van der Waals surface area contributed by atoms with Crippen LogP contribution < -0.4 is 20.0 Å². The number of carbonyl (C=O) groups is 2. The molecule has 4 rings (SSSR count). The van der Waals surface area contributed by atoms with Crippen molar-refractivity contribution in [2.45, 2.75) is 19.9 Å². The summed E-state index contributed by atoms with van der Waals surface area (Å²) in [6.45, 7) is 7.59. The van der Waals surface area contributed by atoms with Gasteiger partial charge in [0, 0.05) is 10.7 Å².